The Kier molecular flexibility index (Phi) is 7.69. The molecule has 6 heterocycles. The molecule has 0 aliphatic carbocycles. The van der Waals surface area contributed by atoms with Crippen molar-refractivity contribution in [2.24, 2.45) is 0 Å². The number of pyridine rings is 3. The molecule has 1 aliphatic rings. The van der Waals surface area contributed by atoms with Crippen molar-refractivity contribution in [2.75, 3.05) is 24.1 Å². The highest BCUT2D eigenvalue weighted by Crippen LogP contribution is 2.32. The lowest BCUT2D eigenvalue weighted by molar-refractivity contribution is 0.211. The maximum Gasteiger partial charge on any atom is 0.234 e. The zero-order chi connectivity index (χ0) is 31.5. The van der Waals surface area contributed by atoms with Crippen molar-refractivity contribution in [3.8, 4) is 40.6 Å². The number of likely N-dealkylation sites (tertiary alicyclic amines) is 1. The highest BCUT2D eigenvalue weighted by atomic mass is 15.2. The number of benzene rings is 1. The third-order valence-electron chi connectivity index (χ3n) is 8.03. The van der Waals surface area contributed by atoms with Gasteiger partial charge in [-0.3, -0.25) is 14.5 Å². The highest BCUT2D eigenvalue weighted by Gasteiger charge is 2.21. The van der Waals surface area contributed by atoms with Crippen LogP contribution in [0.15, 0.2) is 85.3 Å². The predicted octanol–water partition coefficient (Wildman–Crippen LogP) is 4.74. The molecule has 0 unspecified atom stereocenters. The lowest BCUT2D eigenvalue weighted by atomic mass is 10.0. The van der Waals surface area contributed by atoms with Crippen LogP contribution in [0.3, 0.4) is 0 Å². The molecule has 5 aromatic heterocycles. The highest BCUT2D eigenvalue weighted by molar-refractivity contribution is 5.84. The van der Waals surface area contributed by atoms with Gasteiger partial charge in [0.25, 0.3) is 0 Å². The molecule has 0 saturated carbocycles. The largest absolute Gasteiger partial charge is 0.383 e. The minimum absolute atomic E-state index is 0.171. The molecule has 1 aromatic carbocycles. The second-order valence-corrected chi connectivity index (χ2v) is 11.0. The zero-order valence-electron chi connectivity index (χ0n) is 24.7. The van der Waals surface area contributed by atoms with E-state index in [-0.39, 0.29) is 5.82 Å². The van der Waals surface area contributed by atoms with E-state index in [2.05, 4.69) is 60.5 Å². The summed E-state index contributed by atoms with van der Waals surface area (Å²) in [6.07, 6.45) is 6.82. The molecule has 12 nitrogen and oxygen atoms in total. The minimum atomic E-state index is 0.171. The van der Waals surface area contributed by atoms with Crippen LogP contribution in [0.1, 0.15) is 29.8 Å². The molecule has 12 heteroatoms. The van der Waals surface area contributed by atoms with Gasteiger partial charge >= 0.3 is 0 Å². The second kappa shape index (κ2) is 12.4. The van der Waals surface area contributed by atoms with Crippen molar-refractivity contribution in [3.63, 3.8) is 0 Å². The van der Waals surface area contributed by atoms with Gasteiger partial charge < -0.3 is 11.1 Å². The van der Waals surface area contributed by atoms with Crippen LogP contribution in [0.25, 0.3) is 39.6 Å². The molecular formula is C34H28N12. The maximum atomic E-state index is 9.39. The molecule has 0 spiro atoms. The normalized spacial score (nSPS) is 13.7. The molecule has 0 bridgehead atoms. The Bertz CT molecular complexity index is 2120. The topological polar surface area (TPSA) is 171 Å². The van der Waals surface area contributed by atoms with Crippen LogP contribution < -0.4 is 11.1 Å². The molecule has 0 amide bonds. The van der Waals surface area contributed by atoms with Crippen LogP contribution in [-0.2, 0) is 6.54 Å². The summed E-state index contributed by atoms with van der Waals surface area (Å²) in [7, 11) is 0. The number of nitrogens with zero attached hydrogens (tertiary/aromatic N) is 10. The van der Waals surface area contributed by atoms with Crippen molar-refractivity contribution >= 4 is 22.8 Å². The van der Waals surface area contributed by atoms with Gasteiger partial charge in [0.1, 0.15) is 23.2 Å². The number of fused-ring (bicyclic) bond motifs is 1. The number of nitrogen functional groups attached to an aromatic ring is 1. The Morgan fingerprint density at radius 3 is 2.43 bits per heavy atom. The summed E-state index contributed by atoms with van der Waals surface area (Å²) in [6, 6.07) is 25.6. The number of anilines is 2. The van der Waals surface area contributed by atoms with Crippen LogP contribution in [0.4, 0.5) is 11.6 Å². The van der Waals surface area contributed by atoms with E-state index in [9.17, 15) is 5.26 Å². The van der Waals surface area contributed by atoms with E-state index in [1.165, 1.54) is 5.56 Å². The van der Waals surface area contributed by atoms with E-state index >= 15 is 0 Å². The number of aromatic nitrogens is 7. The average molecular weight is 605 g/mol. The third kappa shape index (κ3) is 5.80. The van der Waals surface area contributed by atoms with Crippen molar-refractivity contribution in [1.82, 2.24) is 39.4 Å². The van der Waals surface area contributed by atoms with Gasteiger partial charge in [0.15, 0.2) is 11.5 Å². The first kappa shape index (κ1) is 28.5. The number of imidazole rings is 1. The average Bonchev–Trinajstić information content (AvgIpc) is 3.48. The number of nitriles is 2. The SMILES string of the molecule is N#Cc1ccnc(-c2ccc3nc(-c4cccnc4N)n(-c4ccc(CN5CCC(Nc6ccnc(C#N)n6)CC5)cc4)c3n2)c1. The number of rotatable bonds is 7. The summed E-state index contributed by atoms with van der Waals surface area (Å²) in [5.74, 6) is 1.87. The van der Waals surface area contributed by atoms with E-state index in [0.717, 1.165) is 38.2 Å². The molecule has 6 aromatic rings. The summed E-state index contributed by atoms with van der Waals surface area (Å²) in [5, 5.41) is 21.9. The Morgan fingerprint density at radius 1 is 0.826 bits per heavy atom. The lowest BCUT2D eigenvalue weighted by Gasteiger charge is -2.32. The van der Waals surface area contributed by atoms with E-state index in [1.54, 1.807) is 36.8 Å². The van der Waals surface area contributed by atoms with Crippen LogP contribution in [0, 0.1) is 22.7 Å². The van der Waals surface area contributed by atoms with E-state index in [1.807, 2.05) is 34.9 Å². The van der Waals surface area contributed by atoms with Gasteiger partial charge in [-0.2, -0.15) is 10.5 Å². The third-order valence-corrected chi connectivity index (χ3v) is 8.03. The first-order chi connectivity index (χ1) is 22.6. The van der Waals surface area contributed by atoms with Gasteiger partial charge in [-0.1, -0.05) is 12.1 Å². The molecule has 46 heavy (non-hydrogen) atoms. The van der Waals surface area contributed by atoms with Gasteiger partial charge in [0, 0.05) is 50.0 Å². The number of nitrogens with one attached hydrogen (secondary N) is 1. The zero-order valence-corrected chi connectivity index (χ0v) is 24.7. The number of hydrogen-bond acceptors (Lipinski definition) is 11. The molecule has 1 fully saturated rings. The molecule has 0 radical (unpaired) electrons. The summed E-state index contributed by atoms with van der Waals surface area (Å²) >= 11 is 0. The van der Waals surface area contributed by atoms with Crippen molar-refractivity contribution < 1.29 is 0 Å². The van der Waals surface area contributed by atoms with Crippen molar-refractivity contribution in [2.45, 2.75) is 25.4 Å². The summed E-state index contributed by atoms with van der Waals surface area (Å²) in [6.45, 7) is 2.72. The summed E-state index contributed by atoms with van der Waals surface area (Å²) < 4.78 is 1.99. The first-order valence-electron chi connectivity index (χ1n) is 14.9. The molecule has 3 N–H and O–H groups in total. The van der Waals surface area contributed by atoms with Crippen LogP contribution >= 0.6 is 0 Å². The molecule has 1 aliphatic heterocycles. The van der Waals surface area contributed by atoms with Gasteiger partial charge in [-0.05, 0) is 73.0 Å². The standard InChI is InChI=1S/C34H28N12/c35-19-23-9-14-38-29(18-23)27-7-8-28-34(42-27)46(33(43-28)26-2-1-13-40-32(26)37)25-5-3-22(4-6-25)21-45-16-11-24(12-17-45)41-30-10-15-39-31(20-36)44-30/h1-10,13-15,18,24H,11-12,16-17,21H2,(H2,37,40)(H,39,41,44). The fourth-order valence-electron chi connectivity index (χ4n) is 5.72. The summed E-state index contributed by atoms with van der Waals surface area (Å²) in [5.41, 5.74) is 12.2. The monoisotopic (exact) mass is 604 g/mol. The van der Waals surface area contributed by atoms with Crippen molar-refractivity contribution in [1.29, 1.82) is 10.5 Å². The Hall–Kier alpha value is -6.24. The molecule has 0 atom stereocenters. The number of nitrogens with two attached hydrogens (primary N) is 1. The smallest absolute Gasteiger partial charge is 0.234 e. The van der Waals surface area contributed by atoms with E-state index < -0.39 is 0 Å². The predicted molar refractivity (Wildman–Crippen MR) is 173 cm³/mol. The fraction of sp³-hybridized carbons (Fsp3) is 0.176. The minimum Gasteiger partial charge on any atom is -0.383 e. The Labute approximate surface area is 264 Å². The first-order valence-corrected chi connectivity index (χ1v) is 14.9. The lowest BCUT2D eigenvalue weighted by Crippen LogP contribution is -2.38. The molecular weight excluding hydrogens is 576 g/mol. The maximum absolute atomic E-state index is 9.39. The molecule has 7 rings (SSSR count). The molecule has 224 valence electrons. The van der Waals surface area contributed by atoms with Gasteiger partial charge in [-0.15, -0.1) is 0 Å². The quantitative estimate of drug-likeness (QED) is 0.258. The Balaban J connectivity index is 1.14. The molecule has 1 saturated heterocycles. The van der Waals surface area contributed by atoms with Crippen LogP contribution in [0.2, 0.25) is 0 Å². The number of piperidine rings is 1. The van der Waals surface area contributed by atoms with Gasteiger partial charge in [-0.25, -0.2) is 24.9 Å². The Morgan fingerprint density at radius 2 is 1.65 bits per heavy atom. The fourth-order valence-corrected chi connectivity index (χ4v) is 5.72. The number of hydrogen-bond donors (Lipinski definition) is 2. The van der Waals surface area contributed by atoms with Crippen molar-refractivity contribution in [3.05, 3.63) is 102 Å². The van der Waals surface area contributed by atoms with Gasteiger partial charge in [0.2, 0.25) is 5.82 Å². The van der Waals surface area contributed by atoms with E-state index in [0.29, 0.717) is 57.2 Å². The van der Waals surface area contributed by atoms with Gasteiger partial charge in [0.05, 0.1) is 28.6 Å². The second-order valence-electron chi connectivity index (χ2n) is 11.0. The van der Waals surface area contributed by atoms with Crippen LogP contribution in [-0.4, -0.2) is 58.5 Å². The van der Waals surface area contributed by atoms with E-state index in [4.69, 9.17) is 21.0 Å². The summed E-state index contributed by atoms with van der Waals surface area (Å²) in [4.78, 5) is 29.3. The van der Waals surface area contributed by atoms with Crippen LogP contribution in [0.5, 0.6) is 0 Å².